The van der Waals surface area contributed by atoms with Crippen molar-refractivity contribution < 1.29 is 13.9 Å². The Morgan fingerprint density at radius 2 is 1.76 bits per heavy atom. The highest BCUT2D eigenvalue weighted by Crippen LogP contribution is 2.14. The molecule has 1 amide bonds. The van der Waals surface area contributed by atoms with Gasteiger partial charge in [-0.15, -0.1) is 0 Å². The van der Waals surface area contributed by atoms with E-state index in [0.29, 0.717) is 5.75 Å². The molecule has 0 saturated heterocycles. The van der Waals surface area contributed by atoms with E-state index < -0.39 is 6.10 Å². The fourth-order valence-corrected chi connectivity index (χ4v) is 1.84. The molecule has 1 aromatic heterocycles. The Balaban J connectivity index is 1.92. The molecule has 0 bridgehead atoms. The van der Waals surface area contributed by atoms with Gasteiger partial charge in [-0.3, -0.25) is 9.78 Å². The zero-order valence-corrected chi connectivity index (χ0v) is 11.9. The Morgan fingerprint density at radius 3 is 2.38 bits per heavy atom. The molecule has 2 atom stereocenters. The second-order valence-electron chi connectivity index (χ2n) is 4.72. The van der Waals surface area contributed by atoms with Crippen LogP contribution in [-0.4, -0.2) is 17.0 Å². The number of pyridine rings is 1. The van der Waals surface area contributed by atoms with Crippen LogP contribution < -0.4 is 10.1 Å². The van der Waals surface area contributed by atoms with Crippen molar-refractivity contribution in [3.63, 3.8) is 0 Å². The van der Waals surface area contributed by atoms with E-state index in [1.807, 2.05) is 19.1 Å². The van der Waals surface area contributed by atoms with E-state index in [1.165, 1.54) is 24.3 Å². The van der Waals surface area contributed by atoms with Gasteiger partial charge in [-0.1, -0.05) is 0 Å². The quantitative estimate of drug-likeness (QED) is 0.920. The molecule has 2 rings (SSSR count). The summed E-state index contributed by atoms with van der Waals surface area (Å²) in [6.07, 6.45) is 2.69. The summed E-state index contributed by atoms with van der Waals surface area (Å²) in [7, 11) is 0. The van der Waals surface area contributed by atoms with Crippen LogP contribution in [0.5, 0.6) is 5.75 Å². The standard InChI is InChI=1S/C16H17FN2O2/c1-11(13-7-9-18-10-8-13)19-16(20)12(2)21-15-5-3-14(17)4-6-15/h3-12H,1-2H3,(H,19,20). The van der Waals surface area contributed by atoms with Gasteiger partial charge in [0.1, 0.15) is 11.6 Å². The molecule has 2 unspecified atom stereocenters. The first-order chi connectivity index (χ1) is 10.1. The normalized spacial score (nSPS) is 13.3. The summed E-state index contributed by atoms with van der Waals surface area (Å²) in [4.78, 5) is 16.0. The second kappa shape index (κ2) is 6.83. The molecule has 0 spiro atoms. The number of carbonyl (C=O) groups is 1. The predicted molar refractivity (Wildman–Crippen MR) is 77.3 cm³/mol. The minimum atomic E-state index is -0.667. The number of benzene rings is 1. The number of hydrogen-bond donors (Lipinski definition) is 1. The Kier molecular flexibility index (Phi) is 4.87. The van der Waals surface area contributed by atoms with Crippen molar-refractivity contribution in [1.29, 1.82) is 0 Å². The van der Waals surface area contributed by atoms with Crippen LogP contribution >= 0.6 is 0 Å². The first-order valence-corrected chi connectivity index (χ1v) is 6.69. The van der Waals surface area contributed by atoms with E-state index in [9.17, 15) is 9.18 Å². The number of rotatable bonds is 5. The lowest BCUT2D eigenvalue weighted by molar-refractivity contribution is -0.127. The third-order valence-corrected chi connectivity index (χ3v) is 3.06. The van der Waals surface area contributed by atoms with Crippen molar-refractivity contribution in [2.75, 3.05) is 0 Å². The average Bonchev–Trinajstić information content (AvgIpc) is 2.50. The van der Waals surface area contributed by atoms with Crippen molar-refractivity contribution in [3.05, 3.63) is 60.2 Å². The second-order valence-corrected chi connectivity index (χ2v) is 4.72. The molecule has 1 N–H and O–H groups in total. The van der Waals surface area contributed by atoms with Crippen LogP contribution in [0.4, 0.5) is 4.39 Å². The summed E-state index contributed by atoms with van der Waals surface area (Å²) in [6.45, 7) is 3.54. The van der Waals surface area contributed by atoms with Crippen molar-refractivity contribution in [3.8, 4) is 5.75 Å². The first-order valence-electron chi connectivity index (χ1n) is 6.69. The highest BCUT2D eigenvalue weighted by atomic mass is 19.1. The SMILES string of the molecule is CC(Oc1ccc(F)cc1)C(=O)NC(C)c1ccncc1. The average molecular weight is 288 g/mol. The van der Waals surface area contributed by atoms with Crippen LogP contribution in [0.15, 0.2) is 48.8 Å². The Bertz CT molecular complexity index is 587. The lowest BCUT2D eigenvalue weighted by Gasteiger charge is -2.19. The van der Waals surface area contributed by atoms with Gasteiger partial charge in [0.2, 0.25) is 0 Å². The molecule has 21 heavy (non-hydrogen) atoms. The van der Waals surface area contributed by atoms with Crippen molar-refractivity contribution in [2.45, 2.75) is 26.0 Å². The topological polar surface area (TPSA) is 51.2 Å². The van der Waals surface area contributed by atoms with Crippen LogP contribution in [0, 0.1) is 5.82 Å². The lowest BCUT2D eigenvalue weighted by Crippen LogP contribution is -2.37. The molecule has 0 aliphatic carbocycles. The summed E-state index contributed by atoms with van der Waals surface area (Å²) in [5.74, 6) is -0.120. The van der Waals surface area contributed by atoms with E-state index in [0.717, 1.165) is 5.56 Å². The molecule has 0 aliphatic rings. The summed E-state index contributed by atoms with van der Waals surface area (Å²) in [5, 5.41) is 2.86. The maximum absolute atomic E-state index is 12.8. The number of hydrogen-bond acceptors (Lipinski definition) is 3. The number of nitrogens with zero attached hydrogens (tertiary/aromatic N) is 1. The highest BCUT2D eigenvalue weighted by Gasteiger charge is 2.17. The van der Waals surface area contributed by atoms with E-state index in [-0.39, 0.29) is 17.8 Å². The van der Waals surface area contributed by atoms with Gasteiger partial charge >= 0.3 is 0 Å². The number of aromatic nitrogens is 1. The zero-order chi connectivity index (χ0) is 15.2. The molecule has 0 fully saturated rings. The van der Waals surface area contributed by atoms with Crippen molar-refractivity contribution in [1.82, 2.24) is 10.3 Å². The van der Waals surface area contributed by atoms with Gasteiger partial charge in [-0.05, 0) is 55.8 Å². The molecule has 1 heterocycles. The van der Waals surface area contributed by atoms with Crippen LogP contribution in [0.2, 0.25) is 0 Å². The maximum Gasteiger partial charge on any atom is 0.261 e. The lowest BCUT2D eigenvalue weighted by atomic mass is 10.1. The summed E-state index contributed by atoms with van der Waals surface area (Å²) >= 11 is 0. The molecule has 1 aromatic carbocycles. The van der Waals surface area contributed by atoms with Crippen LogP contribution in [0.3, 0.4) is 0 Å². The number of carbonyl (C=O) groups excluding carboxylic acids is 1. The zero-order valence-electron chi connectivity index (χ0n) is 11.9. The van der Waals surface area contributed by atoms with Gasteiger partial charge in [-0.2, -0.15) is 0 Å². The first kappa shape index (κ1) is 15.0. The molecule has 110 valence electrons. The number of nitrogens with one attached hydrogen (secondary N) is 1. The maximum atomic E-state index is 12.8. The van der Waals surface area contributed by atoms with E-state index in [1.54, 1.807) is 19.3 Å². The van der Waals surface area contributed by atoms with Gasteiger partial charge < -0.3 is 10.1 Å². The number of ether oxygens (including phenoxy) is 1. The Hall–Kier alpha value is -2.43. The summed E-state index contributed by atoms with van der Waals surface area (Å²) in [6, 6.07) is 9.11. The number of amides is 1. The monoisotopic (exact) mass is 288 g/mol. The van der Waals surface area contributed by atoms with Crippen molar-refractivity contribution >= 4 is 5.91 Å². The highest BCUT2D eigenvalue weighted by molar-refractivity contribution is 5.81. The Morgan fingerprint density at radius 1 is 1.14 bits per heavy atom. The minimum Gasteiger partial charge on any atom is -0.481 e. The van der Waals surface area contributed by atoms with Gasteiger partial charge in [0.05, 0.1) is 6.04 Å². The fourth-order valence-electron chi connectivity index (χ4n) is 1.84. The van der Waals surface area contributed by atoms with Crippen LogP contribution in [0.25, 0.3) is 0 Å². The van der Waals surface area contributed by atoms with E-state index >= 15 is 0 Å². The third kappa shape index (κ3) is 4.27. The molecular weight excluding hydrogens is 271 g/mol. The predicted octanol–water partition coefficient (Wildman–Crippen LogP) is 2.87. The van der Waals surface area contributed by atoms with Gasteiger partial charge in [0.15, 0.2) is 6.10 Å². The van der Waals surface area contributed by atoms with Crippen LogP contribution in [0.1, 0.15) is 25.5 Å². The molecule has 5 heteroatoms. The molecule has 0 radical (unpaired) electrons. The largest absolute Gasteiger partial charge is 0.481 e. The minimum absolute atomic E-state index is 0.139. The molecular formula is C16H17FN2O2. The van der Waals surface area contributed by atoms with Gasteiger partial charge in [0.25, 0.3) is 5.91 Å². The fraction of sp³-hybridized carbons (Fsp3) is 0.250. The molecule has 0 aliphatic heterocycles. The summed E-state index contributed by atoms with van der Waals surface area (Å²) < 4.78 is 18.3. The van der Waals surface area contributed by atoms with Gasteiger partial charge in [-0.25, -0.2) is 4.39 Å². The van der Waals surface area contributed by atoms with E-state index in [4.69, 9.17) is 4.74 Å². The Labute approximate surface area is 123 Å². The summed E-state index contributed by atoms with van der Waals surface area (Å²) in [5.41, 5.74) is 0.965. The van der Waals surface area contributed by atoms with Crippen molar-refractivity contribution in [2.24, 2.45) is 0 Å². The van der Waals surface area contributed by atoms with Crippen LogP contribution in [-0.2, 0) is 4.79 Å². The smallest absolute Gasteiger partial charge is 0.261 e. The third-order valence-electron chi connectivity index (χ3n) is 3.06. The molecule has 4 nitrogen and oxygen atoms in total. The molecule has 2 aromatic rings. The molecule has 0 saturated carbocycles. The van der Waals surface area contributed by atoms with Gasteiger partial charge in [0, 0.05) is 12.4 Å². The van der Waals surface area contributed by atoms with E-state index in [2.05, 4.69) is 10.3 Å². The number of halogens is 1.